The fourth-order valence-electron chi connectivity index (χ4n) is 2.51. The third-order valence-corrected chi connectivity index (χ3v) is 3.92. The van der Waals surface area contributed by atoms with Gasteiger partial charge in [-0.25, -0.2) is 0 Å². The van der Waals surface area contributed by atoms with Crippen molar-refractivity contribution in [3.63, 3.8) is 0 Å². The molecule has 5 nitrogen and oxygen atoms in total. The SMILES string of the molecule is CCc1ccccc1Nc1cnnc(NCc2ccccc2C)n1. The van der Waals surface area contributed by atoms with E-state index < -0.39 is 0 Å². The van der Waals surface area contributed by atoms with Gasteiger partial charge < -0.3 is 10.6 Å². The van der Waals surface area contributed by atoms with Crippen molar-refractivity contribution in [2.45, 2.75) is 26.8 Å². The minimum atomic E-state index is 0.511. The highest BCUT2D eigenvalue weighted by Crippen LogP contribution is 2.20. The Hall–Kier alpha value is -2.95. The predicted molar refractivity (Wildman–Crippen MR) is 97.4 cm³/mol. The van der Waals surface area contributed by atoms with E-state index in [1.165, 1.54) is 16.7 Å². The van der Waals surface area contributed by atoms with E-state index in [0.29, 0.717) is 18.3 Å². The second-order valence-corrected chi connectivity index (χ2v) is 5.58. The van der Waals surface area contributed by atoms with Crippen molar-refractivity contribution in [1.82, 2.24) is 15.2 Å². The number of rotatable bonds is 6. The second-order valence-electron chi connectivity index (χ2n) is 5.58. The van der Waals surface area contributed by atoms with Crippen LogP contribution in [0.25, 0.3) is 0 Å². The average molecular weight is 319 g/mol. The molecule has 3 rings (SSSR count). The molecule has 0 fully saturated rings. The Balaban J connectivity index is 1.71. The number of aromatic nitrogens is 3. The Morgan fingerprint density at radius 3 is 2.50 bits per heavy atom. The van der Waals surface area contributed by atoms with Crippen LogP contribution in [0.4, 0.5) is 17.5 Å². The summed E-state index contributed by atoms with van der Waals surface area (Å²) in [6.07, 6.45) is 2.59. The zero-order chi connectivity index (χ0) is 16.8. The number of nitrogens with one attached hydrogen (secondary N) is 2. The lowest BCUT2D eigenvalue weighted by Crippen LogP contribution is -2.07. The standard InChI is InChI=1S/C19H21N5/c1-3-15-9-6-7-11-17(15)22-18-13-21-24-19(23-18)20-12-16-10-5-4-8-14(16)2/h4-11,13H,3,12H2,1-2H3,(H2,20,22,23,24). The first-order valence-corrected chi connectivity index (χ1v) is 8.09. The van der Waals surface area contributed by atoms with Crippen LogP contribution in [0.3, 0.4) is 0 Å². The number of hydrogen-bond acceptors (Lipinski definition) is 5. The lowest BCUT2D eigenvalue weighted by atomic mass is 10.1. The molecule has 0 unspecified atom stereocenters. The van der Waals surface area contributed by atoms with Crippen molar-refractivity contribution >= 4 is 17.5 Å². The molecule has 0 saturated carbocycles. The molecule has 0 aliphatic rings. The zero-order valence-electron chi connectivity index (χ0n) is 14.0. The number of para-hydroxylation sites is 1. The highest BCUT2D eigenvalue weighted by molar-refractivity contribution is 5.60. The maximum atomic E-state index is 4.49. The summed E-state index contributed by atoms with van der Waals surface area (Å²) in [5, 5.41) is 14.6. The normalized spacial score (nSPS) is 10.4. The van der Waals surface area contributed by atoms with Crippen LogP contribution in [0.2, 0.25) is 0 Å². The van der Waals surface area contributed by atoms with Gasteiger partial charge in [0.15, 0.2) is 5.82 Å². The van der Waals surface area contributed by atoms with Gasteiger partial charge in [0.2, 0.25) is 5.95 Å². The Morgan fingerprint density at radius 2 is 1.71 bits per heavy atom. The maximum Gasteiger partial charge on any atom is 0.244 e. The minimum Gasteiger partial charge on any atom is -0.349 e. The Kier molecular flexibility index (Phi) is 5.01. The molecule has 1 aromatic heterocycles. The molecule has 2 N–H and O–H groups in total. The summed E-state index contributed by atoms with van der Waals surface area (Å²) in [7, 11) is 0. The number of aryl methyl sites for hydroxylation is 2. The van der Waals surface area contributed by atoms with E-state index in [1.807, 2.05) is 30.3 Å². The summed E-state index contributed by atoms with van der Waals surface area (Å²) in [6.45, 7) is 4.90. The predicted octanol–water partition coefficient (Wildman–Crippen LogP) is 4.10. The van der Waals surface area contributed by atoms with Gasteiger partial charge in [-0.1, -0.05) is 49.4 Å². The second kappa shape index (κ2) is 7.55. The van der Waals surface area contributed by atoms with Gasteiger partial charge in [-0.15, -0.1) is 5.10 Å². The molecule has 0 saturated heterocycles. The van der Waals surface area contributed by atoms with Crippen LogP contribution in [0.15, 0.2) is 54.7 Å². The first-order valence-electron chi connectivity index (χ1n) is 8.09. The summed E-state index contributed by atoms with van der Waals surface area (Å²) in [5.74, 6) is 1.19. The summed E-state index contributed by atoms with van der Waals surface area (Å²) >= 11 is 0. The van der Waals surface area contributed by atoms with Crippen LogP contribution < -0.4 is 10.6 Å². The van der Waals surface area contributed by atoms with Gasteiger partial charge in [0.05, 0.1) is 6.20 Å². The van der Waals surface area contributed by atoms with Gasteiger partial charge in [-0.05, 0) is 36.1 Å². The van der Waals surface area contributed by atoms with E-state index in [1.54, 1.807) is 6.20 Å². The van der Waals surface area contributed by atoms with Gasteiger partial charge in [0.25, 0.3) is 0 Å². The van der Waals surface area contributed by atoms with Crippen LogP contribution in [0.5, 0.6) is 0 Å². The third kappa shape index (κ3) is 3.87. The molecule has 122 valence electrons. The smallest absolute Gasteiger partial charge is 0.244 e. The van der Waals surface area contributed by atoms with E-state index in [2.05, 4.69) is 57.9 Å². The monoisotopic (exact) mass is 319 g/mol. The molecule has 0 amide bonds. The molecule has 0 spiro atoms. The summed E-state index contributed by atoms with van der Waals surface area (Å²) < 4.78 is 0. The number of anilines is 3. The van der Waals surface area contributed by atoms with Crippen LogP contribution >= 0.6 is 0 Å². The van der Waals surface area contributed by atoms with Gasteiger partial charge in [-0.3, -0.25) is 0 Å². The molecule has 0 aliphatic heterocycles. The lowest BCUT2D eigenvalue weighted by Gasteiger charge is -2.11. The Morgan fingerprint density at radius 1 is 0.958 bits per heavy atom. The van der Waals surface area contributed by atoms with Crippen LogP contribution in [-0.4, -0.2) is 15.2 Å². The topological polar surface area (TPSA) is 62.7 Å². The lowest BCUT2D eigenvalue weighted by molar-refractivity contribution is 0.945. The van der Waals surface area contributed by atoms with Crippen molar-refractivity contribution in [3.8, 4) is 0 Å². The molecule has 0 bridgehead atoms. The van der Waals surface area contributed by atoms with Crippen molar-refractivity contribution in [1.29, 1.82) is 0 Å². The summed E-state index contributed by atoms with van der Waals surface area (Å²) in [4.78, 5) is 4.49. The first-order chi connectivity index (χ1) is 11.8. The molecular formula is C19H21N5. The van der Waals surface area contributed by atoms with Crippen molar-refractivity contribution in [3.05, 3.63) is 71.4 Å². The third-order valence-electron chi connectivity index (χ3n) is 3.92. The number of nitrogens with zero attached hydrogens (tertiary/aromatic N) is 3. The highest BCUT2D eigenvalue weighted by Gasteiger charge is 2.04. The quantitative estimate of drug-likeness (QED) is 0.716. The first kappa shape index (κ1) is 15.9. The van der Waals surface area contributed by atoms with Crippen LogP contribution in [-0.2, 0) is 13.0 Å². The molecule has 0 atom stereocenters. The molecule has 24 heavy (non-hydrogen) atoms. The van der Waals surface area contributed by atoms with Gasteiger partial charge in [-0.2, -0.15) is 10.1 Å². The molecule has 0 aliphatic carbocycles. The molecule has 0 radical (unpaired) electrons. The van der Waals surface area contributed by atoms with E-state index in [0.717, 1.165) is 12.1 Å². The fourth-order valence-corrected chi connectivity index (χ4v) is 2.51. The largest absolute Gasteiger partial charge is 0.349 e. The maximum absolute atomic E-state index is 4.49. The van der Waals surface area contributed by atoms with E-state index in [9.17, 15) is 0 Å². The fraction of sp³-hybridized carbons (Fsp3) is 0.211. The van der Waals surface area contributed by atoms with Crippen LogP contribution in [0.1, 0.15) is 23.6 Å². The number of benzene rings is 2. The van der Waals surface area contributed by atoms with Crippen LogP contribution in [0, 0.1) is 6.92 Å². The minimum absolute atomic E-state index is 0.511. The van der Waals surface area contributed by atoms with Crippen molar-refractivity contribution in [2.24, 2.45) is 0 Å². The summed E-state index contributed by atoms with van der Waals surface area (Å²) in [5.41, 5.74) is 4.75. The van der Waals surface area contributed by atoms with E-state index >= 15 is 0 Å². The molecule has 2 aromatic carbocycles. The summed E-state index contributed by atoms with van der Waals surface area (Å²) in [6, 6.07) is 16.4. The Bertz CT molecular complexity index is 816. The Labute approximate surface area is 142 Å². The molecule has 3 aromatic rings. The van der Waals surface area contributed by atoms with Gasteiger partial charge in [0.1, 0.15) is 0 Å². The van der Waals surface area contributed by atoms with Gasteiger partial charge in [0, 0.05) is 12.2 Å². The van der Waals surface area contributed by atoms with E-state index in [4.69, 9.17) is 0 Å². The molecule has 1 heterocycles. The zero-order valence-corrected chi connectivity index (χ0v) is 14.0. The molecular weight excluding hydrogens is 298 g/mol. The average Bonchev–Trinajstić information content (AvgIpc) is 2.62. The number of hydrogen-bond donors (Lipinski definition) is 2. The van der Waals surface area contributed by atoms with Gasteiger partial charge >= 0.3 is 0 Å². The van der Waals surface area contributed by atoms with E-state index in [-0.39, 0.29) is 0 Å². The highest BCUT2D eigenvalue weighted by atomic mass is 15.3. The molecule has 5 heteroatoms. The van der Waals surface area contributed by atoms with Crippen molar-refractivity contribution < 1.29 is 0 Å². The van der Waals surface area contributed by atoms with Crippen molar-refractivity contribution in [2.75, 3.05) is 10.6 Å².